The molecule has 1 aromatic carbocycles. The summed E-state index contributed by atoms with van der Waals surface area (Å²) in [6.45, 7) is 3.25. The van der Waals surface area contributed by atoms with Crippen molar-refractivity contribution in [3.8, 4) is 0 Å². The summed E-state index contributed by atoms with van der Waals surface area (Å²) in [6, 6.07) is 7.60. The highest BCUT2D eigenvalue weighted by Crippen LogP contribution is 2.23. The van der Waals surface area contributed by atoms with Gasteiger partial charge in [-0.2, -0.15) is 0 Å². The van der Waals surface area contributed by atoms with Crippen LogP contribution in [0.25, 0.3) is 0 Å². The van der Waals surface area contributed by atoms with Gasteiger partial charge in [-0.15, -0.1) is 0 Å². The summed E-state index contributed by atoms with van der Waals surface area (Å²) in [6.07, 6.45) is 8.13. The molecular weight excluding hydrogens is 250 g/mol. The number of rotatable bonds is 5. The highest BCUT2D eigenvalue weighted by Gasteiger charge is 2.12. The smallest absolute Gasteiger partial charge is 0.338 e. The molecule has 0 bridgehead atoms. The highest BCUT2D eigenvalue weighted by molar-refractivity contribution is 5.90. The highest BCUT2D eigenvalue weighted by atomic mass is 16.5. The molecule has 0 radical (unpaired) electrons. The van der Waals surface area contributed by atoms with Crippen LogP contribution >= 0.6 is 0 Å². The van der Waals surface area contributed by atoms with Gasteiger partial charge in [0.05, 0.1) is 12.2 Å². The molecule has 0 aliphatic heterocycles. The Bertz CT molecular complexity index is 423. The summed E-state index contributed by atoms with van der Waals surface area (Å²) < 4.78 is 5.03. The average Bonchev–Trinajstić information content (AvgIpc) is 2.74. The standard InChI is InChI=1S/C17H25NO2/c1-2-20-17(19)15-10-7-11-16(12-15)18-13-14-8-5-3-4-6-9-14/h7,10-12,14,18H,2-6,8-9,13H2,1H3. The van der Waals surface area contributed by atoms with E-state index >= 15 is 0 Å². The summed E-state index contributed by atoms with van der Waals surface area (Å²) in [4.78, 5) is 11.7. The Morgan fingerprint density at radius 2 is 2.00 bits per heavy atom. The van der Waals surface area contributed by atoms with Crippen molar-refractivity contribution in [1.29, 1.82) is 0 Å². The van der Waals surface area contributed by atoms with Gasteiger partial charge in [0.15, 0.2) is 0 Å². The predicted octanol–water partition coefficient (Wildman–Crippen LogP) is 4.25. The van der Waals surface area contributed by atoms with Gasteiger partial charge in [0, 0.05) is 12.2 Å². The summed E-state index contributed by atoms with van der Waals surface area (Å²) in [7, 11) is 0. The SMILES string of the molecule is CCOC(=O)c1cccc(NCC2CCCCCC2)c1. The molecule has 3 heteroatoms. The largest absolute Gasteiger partial charge is 0.462 e. The minimum absolute atomic E-state index is 0.245. The monoisotopic (exact) mass is 275 g/mol. The van der Waals surface area contributed by atoms with Crippen molar-refractivity contribution in [3.05, 3.63) is 29.8 Å². The van der Waals surface area contributed by atoms with Crippen molar-refractivity contribution in [2.24, 2.45) is 5.92 Å². The van der Waals surface area contributed by atoms with E-state index in [1.807, 2.05) is 25.1 Å². The van der Waals surface area contributed by atoms with E-state index in [4.69, 9.17) is 4.74 Å². The summed E-state index contributed by atoms with van der Waals surface area (Å²) in [5.41, 5.74) is 1.64. The molecule has 0 unspecified atom stereocenters. The number of nitrogens with one attached hydrogen (secondary N) is 1. The third-order valence-corrected chi connectivity index (χ3v) is 3.94. The van der Waals surface area contributed by atoms with Crippen LogP contribution in [0, 0.1) is 5.92 Å². The zero-order chi connectivity index (χ0) is 14.2. The third-order valence-electron chi connectivity index (χ3n) is 3.94. The molecule has 0 spiro atoms. The third kappa shape index (κ3) is 4.55. The van der Waals surface area contributed by atoms with Crippen LogP contribution < -0.4 is 5.32 Å². The van der Waals surface area contributed by atoms with Crippen LogP contribution in [0.5, 0.6) is 0 Å². The van der Waals surface area contributed by atoms with E-state index in [1.165, 1.54) is 38.5 Å². The van der Waals surface area contributed by atoms with Crippen molar-refractivity contribution in [3.63, 3.8) is 0 Å². The number of carbonyl (C=O) groups excluding carboxylic acids is 1. The minimum Gasteiger partial charge on any atom is -0.462 e. The second-order valence-electron chi connectivity index (χ2n) is 5.54. The van der Waals surface area contributed by atoms with Gasteiger partial charge in [-0.25, -0.2) is 4.79 Å². The predicted molar refractivity (Wildman–Crippen MR) is 82.1 cm³/mol. The van der Waals surface area contributed by atoms with Crippen molar-refractivity contribution in [2.45, 2.75) is 45.4 Å². The van der Waals surface area contributed by atoms with Gasteiger partial charge < -0.3 is 10.1 Å². The number of hydrogen-bond acceptors (Lipinski definition) is 3. The summed E-state index contributed by atoms with van der Waals surface area (Å²) in [5.74, 6) is 0.523. The van der Waals surface area contributed by atoms with E-state index in [1.54, 1.807) is 6.07 Å². The first-order chi connectivity index (χ1) is 9.79. The zero-order valence-electron chi connectivity index (χ0n) is 12.4. The summed E-state index contributed by atoms with van der Waals surface area (Å²) >= 11 is 0. The van der Waals surface area contributed by atoms with Gasteiger partial charge in [0.2, 0.25) is 0 Å². The van der Waals surface area contributed by atoms with E-state index in [2.05, 4.69) is 5.32 Å². The number of carbonyl (C=O) groups is 1. The average molecular weight is 275 g/mol. The Morgan fingerprint density at radius 3 is 2.70 bits per heavy atom. The lowest BCUT2D eigenvalue weighted by atomic mass is 10.0. The summed E-state index contributed by atoms with van der Waals surface area (Å²) in [5, 5.41) is 3.47. The van der Waals surface area contributed by atoms with Crippen molar-refractivity contribution in [2.75, 3.05) is 18.5 Å². The van der Waals surface area contributed by atoms with Crippen LogP contribution in [0.2, 0.25) is 0 Å². The van der Waals surface area contributed by atoms with Crippen LogP contribution in [0.4, 0.5) is 5.69 Å². The maximum absolute atomic E-state index is 11.7. The molecule has 1 saturated carbocycles. The van der Waals surface area contributed by atoms with Crippen LogP contribution in [-0.4, -0.2) is 19.1 Å². The molecule has 110 valence electrons. The molecule has 0 atom stereocenters. The topological polar surface area (TPSA) is 38.3 Å². The van der Waals surface area contributed by atoms with Gasteiger partial charge in [0.1, 0.15) is 0 Å². The second-order valence-corrected chi connectivity index (χ2v) is 5.54. The minimum atomic E-state index is -0.245. The van der Waals surface area contributed by atoms with Crippen LogP contribution in [-0.2, 0) is 4.74 Å². The van der Waals surface area contributed by atoms with Crippen LogP contribution in [0.1, 0.15) is 55.8 Å². The van der Waals surface area contributed by atoms with Gasteiger partial charge in [-0.05, 0) is 43.9 Å². The first-order valence-electron chi connectivity index (χ1n) is 7.80. The van der Waals surface area contributed by atoms with Crippen molar-refractivity contribution >= 4 is 11.7 Å². The zero-order valence-corrected chi connectivity index (χ0v) is 12.4. The van der Waals surface area contributed by atoms with Gasteiger partial charge in [-0.3, -0.25) is 0 Å². The maximum atomic E-state index is 11.7. The molecule has 0 aromatic heterocycles. The Balaban J connectivity index is 1.88. The quantitative estimate of drug-likeness (QED) is 0.645. The fourth-order valence-electron chi connectivity index (χ4n) is 2.80. The van der Waals surface area contributed by atoms with E-state index in [9.17, 15) is 4.79 Å². The second kappa shape index (κ2) is 7.93. The molecule has 0 heterocycles. The molecule has 1 aromatic rings. The van der Waals surface area contributed by atoms with Crippen LogP contribution in [0.15, 0.2) is 24.3 Å². The van der Waals surface area contributed by atoms with Crippen LogP contribution in [0.3, 0.4) is 0 Å². The number of anilines is 1. The first-order valence-corrected chi connectivity index (χ1v) is 7.80. The van der Waals surface area contributed by atoms with E-state index in [0.29, 0.717) is 12.2 Å². The number of esters is 1. The van der Waals surface area contributed by atoms with Gasteiger partial charge in [-0.1, -0.05) is 31.7 Å². The molecule has 0 saturated heterocycles. The molecule has 1 aliphatic carbocycles. The fraction of sp³-hybridized carbons (Fsp3) is 0.588. The molecule has 20 heavy (non-hydrogen) atoms. The molecule has 1 aliphatic rings. The fourth-order valence-corrected chi connectivity index (χ4v) is 2.80. The first kappa shape index (κ1) is 14.9. The molecular formula is C17H25NO2. The molecule has 3 nitrogen and oxygen atoms in total. The Hall–Kier alpha value is -1.51. The van der Waals surface area contributed by atoms with Crippen molar-refractivity contribution in [1.82, 2.24) is 0 Å². The Morgan fingerprint density at radius 1 is 1.25 bits per heavy atom. The molecule has 1 N–H and O–H groups in total. The van der Waals surface area contributed by atoms with E-state index < -0.39 is 0 Å². The maximum Gasteiger partial charge on any atom is 0.338 e. The molecule has 1 fully saturated rings. The normalized spacial score (nSPS) is 16.4. The Kier molecular flexibility index (Phi) is 5.90. The Labute approximate surface area is 121 Å². The molecule has 0 amide bonds. The lowest BCUT2D eigenvalue weighted by Crippen LogP contribution is -2.14. The molecule has 2 rings (SSSR count). The van der Waals surface area contributed by atoms with Gasteiger partial charge in [0.25, 0.3) is 0 Å². The van der Waals surface area contributed by atoms with E-state index in [-0.39, 0.29) is 5.97 Å². The number of ether oxygens (including phenoxy) is 1. The number of hydrogen-bond donors (Lipinski definition) is 1. The number of benzene rings is 1. The lowest BCUT2D eigenvalue weighted by molar-refractivity contribution is 0.0526. The van der Waals surface area contributed by atoms with E-state index in [0.717, 1.165) is 18.2 Å². The van der Waals surface area contributed by atoms with Gasteiger partial charge >= 0.3 is 5.97 Å². The van der Waals surface area contributed by atoms with Crippen molar-refractivity contribution < 1.29 is 9.53 Å². The lowest BCUT2D eigenvalue weighted by Gasteiger charge is -2.16.